The molecule has 0 saturated carbocycles. The number of methoxy groups -OCH3 is 1. The highest BCUT2D eigenvalue weighted by molar-refractivity contribution is 6.09. The molecular formula is C19H25N3O3. The zero-order chi connectivity index (χ0) is 18.1. The van der Waals surface area contributed by atoms with Crippen molar-refractivity contribution in [1.29, 1.82) is 0 Å². The van der Waals surface area contributed by atoms with E-state index in [2.05, 4.69) is 11.5 Å². The molecule has 1 atom stereocenters. The molecule has 2 heterocycles. The quantitative estimate of drug-likeness (QED) is 0.905. The van der Waals surface area contributed by atoms with Gasteiger partial charge in [0.1, 0.15) is 5.75 Å². The van der Waals surface area contributed by atoms with Crippen LogP contribution >= 0.6 is 0 Å². The molecule has 1 fully saturated rings. The lowest BCUT2D eigenvalue weighted by molar-refractivity contribution is -0.121. The third kappa shape index (κ3) is 2.97. The SMILES string of the molecule is CCCn1c(C)c(C(=O)N2CCC(C(N)=O)C2)c2cc(OC)ccc21. The van der Waals surface area contributed by atoms with Gasteiger partial charge in [-0.15, -0.1) is 0 Å². The number of amides is 2. The maximum absolute atomic E-state index is 13.2. The van der Waals surface area contributed by atoms with Crippen molar-refractivity contribution in [3.05, 3.63) is 29.5 Å². The number of rotatable bonds is 5. The standard InChI is InChI=1S/C19H25N3O3/c1-4-8-22-12(2)17(15-10-14(25-3)5-6-16(15)22)19(24)21-9-7-13(11-21)18(20)23/h5-6,10,13H,4,7-9,11H2,1-3H3,(H2,20,23). The second kappa shape index (κ2) is 6.78. The summed E-state index contributed by atoms with van der Waals surface area (Å²) >= 11 is 0. The Balaban J connectivity index is 2.06. The third-order valence-electron chi connectivity index (χ3n) is 5.07. The van der Waals surface area contributed by atoms with E-state index in [9.17, 15) is 9.59 Å². The Kier molecular flexibility index (Phi) is 4.70. The number of hydrogen-bond donors (Lipinski definition) is 1. The van der Waals surface area contributed by atoms with Gasteiger partial charge in [0, 0.05) is 36.2 Å². The van der Waals surface area contributed by atoms with Gasteiger partial charge in [-0.25, -0.2) is 0 Å². The Bertz CT molecular complexity index is 825. The summed E-state index contributed by atoms with van der Waals surface area (Å²) in [7, 11) is 1.62. The molecule has 134 valence electrons. The van der Waals surface area contributed by atoms with Gasteiger partial charge in [-0.2, -0.15) is 0 Å². The molecular weight excluding hydrogens is 318 g/mol. The monoisotopic (exact) mass is 343 g/mol. The van der Waals surface area contributed by atoms with E-state index in [1.165, 1.54) is 0 Å². The molecule has 0 radical (unpaired) electrons. The van der Waals surface area contributed by atoms with Crippen molar-refractivity contribution in [2.24, 2.45) is 11.7 Å². The van der Waals surface area contributed by atoms with Gasteiger partial charge in [0.15, 0.2) is 0 Å². The van der Waals surface area contributed by atoms with Gasteiger partial charge in [-0.3, -0.25) is 9.59 Å². The van der Waals surface area contributed by atoms with Gasteiger partial charge in [-0.05, 0) is 38.0 Å². The molecule has 0 aliphatic carbocycles. The molecule has 2 aromatic rings. The van der Waals surface area contributed by atoms with Crippen LogP contribution in [0.25, 0.3) is 10.9 Å². The second-order valence-corrected chi connectivity index (χ2v) is 6.63. The summed E-state index contributed by atoms with van der Waals surface area (Å²) in [4.78, 5) is 26.4. The summed E-state index contributed by atoms with van der Waals surface area (Å²) in [5, 5.41) is 0.901. The molecule has 1 saturated heterocycles. The number of benzene rings is 1. The van der Waals surface area contributed by atoms with Gasteiger partial charge >= 0.3 is 0 Å². The number of fused-ring (bicyclic) bond motifs is 1. The molecule has 25 heavy (non-hydrogen) atoms. The lowest BCUT2D eigenvalue weighted by Crippen LogP contribution is -2.32. The lowest BCUT2D eigenvalue weighted by atomic mass is 10.1. The van der Waals surface area contributed by atoms with Crippen LogP contribution in [0.2, 0.25) is 0 Å². The van der Waals surface area contributed by atoms with Crippen molar-refractivity contribution < 1.29 is 14.3 Å². The molecule has 1 aromatic heterocycles. The second-order valence-electron chi connectivity index (χ2n) is 6.63. The average Bonchev–Trinajstić information content (AvgIpc) is 3.19. The van der Waals surface area contributed by atoms with Crippen LogP contribution in [-0.2, 0) is 11.3 Å². The van der Waals surface area contributed by atoms with Gasteiger partial charge in [0.25, 0.3) is 5.91 Å². The predicted molar refractivity (Wildman–Crippen MR) is 96.7 cm³/mol. The number of nitrogens with two attached hydrogens (primary N) is 1. The van der Waals surface area contributed by atoms with Gasteiger partial charge in [0.05, 0.1) is 18.6 Å². The van der Waals surface area contributed by atoms with Crippen molar-refractivity contribution in [1.82, 2.24) is 9.47 Å². The van der Waals surface area contributed by atoms with Gasteiger partial charge in [0.2, 0.25) is 5.91 Å². The summed E-state index contributed by atoms with van der Waals surface area (Å²) in [6, 6.07) is 5.84. The molecule has 1 aliphatic rings. The largest absolute Gasteiger partial charge is 0.497 e. The number of carbonyl (C=O) groups excluding carboxylic acids is 2. The summed E-state index contributed by atoms with van der Waals surface area (Å²) < 4.78 is 7.53. The van der Waals surface area contributed by atoms with Crippen LogP contribution in [0.4, 0.5) is 0 Å². The summed E-state index contributed by atoms with van der Waals surface area (Å²) in [5.74, 6) is 0.117. The fourth-order valence-corrected chi connectivity index (χ4v) is 3.71. The van der Waals surface area contributed by atoms with Crippen molar-refractivity contribution >= 4 is 22.7 Å². The van der Waals surface area contributed by atoms with E-state index in [4.69, 9.17) is 10.5 Å². The molecule has 6 heteroatoms. The van der Waals surface area contributed by atoms with Crippen LogP contribution in [-0.4, -0.2) is 41.5 Å². The molecule has 0 spiro atoms. The zero-order valence-electron chi connectivity index (χ0n) is 15.0. The van der Waals surface area contributed by atoms with Crippen LogP contribution in [0.3, 0.4) is 0 Å². The van der Waals surface area contributed by atoms with E-state index in [0.717, 1.165) is 35.3 Å². The maximum Gasteiger partial charge on any atom is 0.256 e. The van der Waals surface area contributed by atoms with Crippen LogP contribution in [0.1, 0.15) is 35.8 Å². The number of aryl methyl sites for hydroxylation is 1. The average molecular weight is 343 g/mol. The van der Waals surface area contributed by atoms with E-state index in [1.54, 1.807) is 12.0 Å². The topological polar surface area (TPSA) is 77.6 Å². The number of aromatic nitrogens is 1. The number of carbonyl (C=O) groups is 2. The highest BCUT2D eigenvalue weighted by Gasteiger charge is 2.32. The maximum atomic E-state index is 13.2. The van der Waals surface area contributed by atoms with Gasteiger partial charge < -0.3 is 19.9 Å². The summed E-state index contributed by atoms with van der Waals surface area (Å²) in [6.07, 6.45) is 1.62. The molecule has 1 aromatic carbocycles. The number of hydrogen-bond acceptors (Lipinski definition) is 3. The first kappa shape index (κ1) is 17.3. The van der Waals surface area contributed by atoms with Crippen LogP contribution in [0.15, 0.2) is 18.2 Å². The first-order valence-corrected chi connectivity index (χ1v) is 8.73. The first-order chi connectivity index (χ1) is 12.0. The molecule has 2 N–H and O–H groups in total. The van der Waals surface area contributed by atoms with Gasteiger partial charge in [-0.1, -0.05) is 6.92 Å². The van der Waals surface area contributed by atoms with E-state index in [0.29, 0.717) is 25.1 Å². The van der Waals surface area contributed by atoms with Crippen molar-refractivity contribution in [2.75, 3.05) is 20.2 Å². The molecule has 2 amide bonds. The van der Waals surface area contributed by atoms with E-state index < -0.39 is 0 Å². The van der Waals surface area contributed by atoms with E-state index >= 15 is 0 Å². The van der Waals surface area contributed by atoms with Crippen molar-refractivity contribution in [3.63, 3.8) is 0 Å². The molecule has 6 nitrogen and oxygen atoms in total. The minimum atomic E-state index is -0.331. The number of likely N-dealkylation sites (tertiary alicyclic amines) is 1. The predicted octanol–water partition coefficient (Wildman–Crippen LogP) is 2.32. The number of nitrogens with zero attached hydrogens (tertiary/aromatic N) is 2. The zero-order valence-corrected chi connectivity index (χ0v) is 15.0. The molecule has 1 aliphatic heterocycles. The Morgan fingerprint density at radius 1 is 1.36 bits per heavy atom. The van der Waals surface area contributed by atoms with E-state index in [-0.39, 0.29) is 17.7 Å². The first-order valence-electron chi connectivity index (χ1n) is 8.73. The van der Waals surface area contributed by atoms with Crippen LogP contribution < -0.4 is 10.5 Å². The highest BCUT2D eigenvalue weighted by atomic mass is 16.5. The Morgan fingerprint density at radius 3 is 2.72 bits per heavy atom. The van der Waals surface area contributed by atoms with E-state index in [1.807, 2.05) is 25.1 Å². The molecule has 3 rings (SSSR count). The van der Waals surface area contributed by atoms with Crippen molar-refractivity contribution in [3.8, 4) is 5.75 Å². The molecule has 0 bridgehead atoms. The molecule has 1 unspecified atom stereocenters. The highest BCUT2D eigenvalue weighted by Crippen LogP contribution is 2.31. The Hall–Kier alpha value is -2.50. The Labute approximate surface area is 147 Å². The fraction of sp³-hybridized carbons (Fsp3) is 0.474. The number of ether oxygens (including phenoxy) is 1. The fourth-order valence-electron chi connectivity index (χ4n) is 3.71. The lowest BCUT2D eigenvalue weighted by Gasteiger charge is -2.16. The smallest absolute Gasteiger partial charge is 0.256 e. The summed E-state index contributed by atoms with van der Waals surface area (Å²) in [6.45, 7) is 5.92. The summed E-state index contributed by atoms with van der Waals surface area (Å²) in [5.41, 5.74) is 8.10. The minimum Gasteiger partial charge on any atom is -0.497 e. The third-order valence-corrected chi connectivity index (χ3v) is 5.07. The Morgan fingerprint density at radius 2 is 2.12 bits per heavy atom. The van der Waals surface area contributed by atoms with Crippen molar-refractivity contribution in [2.45, 2.75) is 33.2 Å². The van der Waals surface area contributed by atoms with Crippen LogP contribution in [0, 0.1) is 12.8 Å². The number of primary amides is 1. The minimum absolute atomic E-state index is 0.0330. The van der Waals surface area contributed by atoms with Crippen LogP contribution in [0.5, 0.6) is 5.75 Å². The normalized spacial score (nSPS) is 17.2.